The van der Waals surface area contributed by atoms with Gasteiger partial charge in [0.2, 0.25) is 10.0 Å². The molecule has 2 aromatic rings. The molecule has 1 aliphatic heterocycles. The number of nitrogens with one attached hydrogen (secondary N) is 2. The first-order chi connectivity index (χ1) is 15.3. The lowest BCUT2D eigenvalue weighted by Gasteiger charge is -2.33. The summed E-state index contributed by atoms with van der Waals surface area (Å²) in [6.07, 6.45) is 2.91. The fourth-order valence-corrected chi connectivity index (χ4v) is 5.15. The van der Waals surface area contributed by atoms with Crippen molar-refractivity contribution >= 4 is 39.1 Å². The molecule has 0 spiro atoms. The number of amides is 1. The third kappa shape index (κ3) is 6.81. The molecule has 1 atom stereocenters. The number of ether oxygens (including phenoxy) is 1. The van der Waals surface area contributed by atoms with Crippen molar-refractivity contribution in [3.63, 3.8) is 0 Å². The van der Waals surface area contributed by atoms with Crippen molar-refractivity contribution in [3.05, 3.63) is 58.1 Å². The minimum Gasteiger partial charge on any atom is -0.489 e. The molecule has 0 aromatic heterocycles. The molecule has 1 saturated heterocycles. The first kappa shape index (κ1) is 24.8. The zero-order chi connectivity index (χ0) is 23.1. The Morgan fingerprint density at radius 2 is 1.69 bits per heavy atom. The first-order valence-electron chi connectivity index (χ1n) is 10.1. The highest BCUT2D eigenvalue weighted by atomic mass is 35.5. The van der Waals surface area contributed by atoms with E-state index in [-0.39, 0.29) is 18.0 Å². The van der Waals surface area contributed by atoms with Crippen molar-refractivity contribution in [1.82, 2.24) is 15.1 Å². The van der Waals surface area contributed by atoms with Gasteiger partial charge in [-0.3, -0.25) is 14.9 Å². The quantitative estimate of drug-likeness (QED) is 0.359. The number of halogens is 2. The molecular weight excluding hydrogens is 477 g/mol. The summed E-state index contributed by atoms with van der Waals surface area (Å²) in [5.74, 6) is -0.162. The maximum absolute atomic E-state index is 12.7. The third-order valence-corrected chi connectivity index (χ3v) is 7.05. The van der Waals surface area contributed by atoms with E-state index in [0.717, 1.165) is 24.8 Å². The predicted octanol–water partition coefficient (Wildman–Crippen LogP) is 3.21. The zero-order valence-corrected chi connectivity index (χ0v) is 19.6. The molecule has 1 amide bonds. The first-order valence-corrected chi connectivity index (χ1v) is 12.4. The molecule has 174 valence electrons. The number of hydroxylamine groups is 1. The summed E-state index contributed by atoms with van der Waals surface area (Å²) < 4.78 is 33.5. The van der Waals surface area contributed by atoms with Gasteiger partial charge in [0, 0.05) is 16.6 Å². The van der Waals surface area contributed by atoms with Gasteiger partial charge >= 0.3 is 0 Å². The highest BCUT2D eigenvalue weighted by Gasteiger charge is 2.28. The number of piperidine rings is 1. The van der Waals surface area contributed by atoms with Gasteiger partial charge in [-0.15, -0.1) is 0 Å². The van der Waals surface area contributed by atoms with Gasteiger partial charge in [0.15, 0.2) is 0 Å². The van der Waals surface area contributed by atoms with Gasteiger partial charge in [0.05, 0.1) is 4.90 Å². The van der Waals surface area contributed by atoms with E-state index >= 15 is 0 Å². The van der Waals surface area contributed by atoms with Crippen molar-refractivity contribution in [1.29, 1.82) is 0 Å². The van der Waals surface area contributed by atoms with Crippen LogP contribution in [0.1, 0.15) is 24.8 Å². The van der Waals surface area contributed by atoms with E-state index in [9.17, 15) is 13.2 Å². The summed E-state index contributed by atoms with van der Waals surface area (Å²) >= 11 is 12.0. The molecular formula is C21H25Cl2N3O5S. The van der Waals surface area contributed by atoms with Gasteiger partial charge < -0.3 is 4.74 Å². The predicted molar refractivity (Wildman–Crippen MR) is 122 cm³/mol. The number of rotatable bonds is 9. The van der Waals surface area contributed by atoms with Gasteiger partial charge in [0.1, 0.15) is 18.4 Å². The molecule has 2 aromatic carbocycles. The second-order valence-corrected chi connectivity index (χ2v) is 10.1. The van der Waals surface area contributed by atoms with Crippen LogP contribution >= 0.6 is 23.2 Å². The van der Waals surface area contributed by atoms with E-state index in [2.05, 4.69) is 4.72 Å². The molecule has 3 N–H and O–H groups in total. The Balaban J connectivity index is 1.61. The molecule has 0 saturated carbocycles. The van der Waals surface area contributed by atoms with E-state index in [0.29, 0.717) is 28.9 Å². The lowest BCUT2D eigenvalue weighted by Crippen LogP contribution is -2.53. The standard InChI is InChI=1S/C21H25Cl2N3O5S/c22-16-10-15(11-17(23)12-16)14-31-18-4-6-19(7-5-18)32(29,30)24-13-20(21(27)25-28)26-8-2-1-3-9-26/h4-7,10-12,20,24,28H,1-3,8-9,13-14H2,(H,25,27). The van der Waals surface area contributed by atoms with Crippen molar-refractivity contribution in [2.45, 2.75) is 36.8 Å². The van der Waals surface area contributed by atoms with Crippen LogP contribution in [0.2, 0.25) is 10.0 Å². The minimum atomic E-state index is -3.86. The number of carbonyl (C=O) groups is 1. The summed E-state index contributed by atoms with van der Waals surface area (Å²) in [5, 5.41) is 10.0. The van der Waals surface area contributed by atoms with Crippen LogP contribution in [0.3, 0.4) is 0 Å². The van der Waals surface area contributed by atoms with Gasteiger partial charge in [-0.05, 0) is 74.0 Å². The normalized spacial score (nSPS) is 15.8. The molecule has 3 rings (SSSR count). The second kappa shape index (κ2) is 11.3. The van der Waals surface area contributed by atoms with Crippen LogP contribution in [0.5, 0.6) is 5.75 Å². The van der Waals surface area contributed by atoms with Gasteiger partial charge in [0.25, 0.3) is 5.91 Å². The van der Waals surface area contributed by atoms with Crippen LogP contribution in [0.4, 0.5) is 0 Å². The monoisotopic (exact) mass is 501 g/mol. The Morgan fingerprint density at radius 1 is 1.06 bits per heavy atom. The van der Waals surface area contributed by atoms with E-state index in [1.807, 2.05) is 4.90 Å². The van der Waals surface area contributed by atoms with E-state index < -0.39 is 22.0 Å². The van der Waals surface area contributed by atoms with Crippen LogP contribution < -0.4 is 14.9 Å². The van der Waals surface area contributed by atoms with Crippen molar-refractivity contribution in [2.24, 2.45) is 0 Å². The zero-order valence-electron chi connectivity index (χ0n) is 17.3. The second-order valence-electron chi connectivity index (χ2n) is 7.48. The van der Waals surface area contributed by atoms with Crippen LogP contribution in [-0.4, -0.2) is 50.1 Å². The van der Waals surface area contributed by atoms with Crippen molar-refractivity contribution in [2.75, 3.05) is 19.6 Å². The largest absolute Gasteiger partial charge is 0.489 e. The van der Waals surface area contributed by atoms with Crippen LogP contribution in [0.15, 0.2) is 47.4 Å². The SMILES string of the molecule is O=C(NO)C(CNS(=O)(=O)c1ccc(OCc2cc(Cl)cc(Cl)c2)cc1)N1CCCCC1. The number of hydrogen-bond donors (Lipinski definition) is 3. The number of likely N-dealkylation sites (tertiary alicyclic amines) is 1. The van der Waals surface area contributed by atoms with Crippen LogP contribution in [0, 0.1) is 0 Å². The Labute approximate surface area is 197 Å². The summed E-state index contributed by atoms with van der Waals surface area (Å²) in [4.78, 5) is 14.0. The van der Waals surface area contributed by atoms with Gasteiger partial charge in [-0.25, -0.2) is 18.6 Å². The lowest BCUT2D eigenvalue weighted by molar-refractivity contribution is -0.135. The molecule has 0 aliphatic carbocycles. The highest BCUT2D eigenvalue weighted by molar-refractivity contribution is 7.89. The fourth-order valence-electron chi connectivity index (χ4n) is 3.54. The number of sulfonamides is 1. The van der Waals surface area contributed by atoms with Gasteiger partial charge in [-0.1, -0.05) is 29.6 Å². The van der Waals surface area contributed by atoms with Gasteiger partial charge in [-0.2, -0.15) is 0 Å². The minimum absolute atomic E-state index is 0.0393. The number of carbonyl (C=O) groups excluding carboxylic acids is 1. The summed E-state index contributed by atoms with van der Waals surface area (Å²) in [5.41, 5.74) is 2.42. The highest BCUT2D eigenvalue weighted by Crippen LogP contribution is 2.22. The Morgan fingerprint density at radius 3 is 2.28 bits per heavy atom. The van der Waals surface area contributed by atoms with E-state index in [1.165, 1.54) is 12.1 Å². The Hall–Kier alpha value is -1.88. The Bertz CT molecular complexity index is 1010. The maximum atomic E-state index is 12.7. The third-order valence-electron chi connectivity index (χ3n) is 5.17. The van der Waals surface area contributed by atoms with Crippen LogP contribution in [-0.2, 0) is 21.4 Å². The summed E-state index contributed by atoms with van der Waals surface area (Å²) in [6, 6.07) is 10.2. The molecule has 0 bridgehead atoms. The maximum Gasteiger partial charge on any atom is 0.262 e. The molecule has 0 radical (unpaired) electrons. The van der Waals surface area contributed by atoms with Crippen molar-refractivity contribution < 1.29 is 23.2 Å². The number of benzene rings is 2. The molecule has 1 heterocycles. The average Bonchev–Trinajstić information content (AvgIpc) is 2.78. The fraction of sp³-hybridized carbons (Fsp3) is 0.381. The molecule has 1 aliphatic rings. The van der Waals surface area contributed by atoms with Crippen LogP contribution in [0.25, 0.3) is 0 Å². The van der Waals surface area contributed by atoms with E-state index in [4.69, 9.17) is 33.1 Å². The molecule has 1 fully saturated rings. The molecule has 1 unspecified atom stereocenters. The number of hydrogen-bond acceptors (Lipinski definition) is 6. The Kier molecular flexibility index (Phi) is 8.75. The molecule has 32 heavy (non-hydrogen) atoms. The summed E-state index contributed by atoms with van der Waals surface area (Å²) in [6.45, 7) is 1.41. The van der Waals surface area contributed by atoms with E-state index in [1.54, 1.807) is 35.8 Å². The lowest BCUT2D eigenvalue weighted by atomic mass is 10.1. The number of nitrogens with zero attached hydrogens (tertiary/aromatic N) is 1. The smallest absolute Gasteiger partial charge is 0.262 e. The average molecular weight is 502 g/mol. The summed E-state index contributed by atoms with van der Waals surface area (Å²) in [7, 11) is -3.86. The topological polar surface area (TPSA) is 108 Å². The molecule has 8 nitrogen and oxygen atoms in total. The molecule has 11 heteroatoms. The van der Waals surface area contributed by atoms with Crippen molar-refractivity contribution in [3.8, 4) is 5.75 Å².